The molecule has 0 amide bonds. The van der Waals surface area contributed by atoms with Crippen molar-refractivity contribution in [1.29, 1.82) is 0 Å². The molecule has 6 fully saturated rings. The van der Waals surface area contributed by atoms with Crippen molar-refractivity contribution in [2.45, 2.75) is 139 Å². The van der Waals surface area contributed by atoms with Gasteiger partial charge in [0.2, 0.25) is 0 Å². The third-order valence-electron chi connectivity index (χ3n) is 14.4. The first-order valence-corrected chi connectivity index (χ1v) is 13.7. The molecule has 6 saturated carbocycles. The fraction of sp³-hybridized carbons (Fsp3) is 1.00. The maximum Gasteiger partial charge on any atom is 0.0576 e. The molecule has 0 radical (unpaired) electrons. The van der Waals surface area contributed by atoms with Crippen molar-refractivity contribution in [2.75, 3.05) is 0 Å². The maximum absolute atomic E-state index is 11.9. The minimum atomic E-state index is -0.175. The monoisotopic (exact) mass is 428 g/mol. The summed E-state index contributed by atoms with van der Waals surface area (Å²) >= 11 is 0. The third kappa shape index (κ3) is 2.54. The Morgan fingerprint density at radius 1 is 0.516 bits per heavy atom. The van der Waals surface area contributed by atoms with Crippen LogP contribution >= 0.6 is 0 Å². The number of hydrogen-bond acceptors (Lipinski definition) is 1. The number of hydrogen-bond donors (Lipinski definition) is 1. The van der Waals surface area contributed by atoms with Crippen LogP contribution in [0.5, 0.6) is 0 Å². The van der Waals surface area contributed by atoms with Crippen molar-refractivity contribution in [3.63, 3.8) is 0 Å². The maximum atomic E-state index is 11.9. The quantitative estimate of drug-likeness (QED) is 0.410. The van der Waals surface area contributed by atoms with E-state index >= 15 is 0 Å². The largest absolute Gasteiger partial charge is 0.393 e. The highest BCUT2D eigenvalue weighted by Crippen LogP contribution is 2.81. The molecule has 0 spiro atoms. The number of aliphatic hydroxyl groups is 1. The molecule has 0 aromatic rings. The van der Waals surface area contributed by atoms with Gasteiger partial charge in [0.15, 0.2) is 0 Å². The zero-order chi connectivity index (χ0) is 22.9. The van der Waals surface area contributed by atoms with Crippen molar-refractivity contribution in [1.82, 2.24) is 0 Å². The molecule has 1 nitrogen and oxygen atoms in total. The molecule has 0 heterocycles. The van der Waals surface area contributed by atoms with Gasteiger partial charge in [0, 0.05) is 0 Å². The summed E-state index contributed by atoms with van der Waals surface area (Å²) in [6.07, 6.45) is 14.5. The van der Waals surface area contributed by atoms with Crippen LogP contribution in [0.15, 0.2) is 0 Å². The summed E-state index contributed by atoms with van der Waals surface area (Å²) in [6.45, 7) is 23.7. The van der Waals surface area contributed by atoms with E-state index in [0.717, 1.165) is 6.42 Å². The normalized spacial score (nSPS) is 66.0. The number of aliphatic hydroxyl groups excluding tert-OH is 1. The van der Waals surface area contributed by atoms with Gasteiger partial charge in [0.05, 0.1) is 6.10 Å². The van der Waals surface area contributed by atoms with Crippen LogP contribution in [0.1, 0.15) is 133 Å². The average molecular weight is 429 g/mol. The van der Waals surface area contributed by atoms with E-state index in [1.54, 1.807) is 0 Å². The molecule has 1 N–H and O–H groups in total. The van der Waals surface area contributed by atoms with Gasteiger partial charge in [-0.25, -0.2) is 0 Å². The summed E-state index contributed by atoms with van der Waals surface area (Å²) in [7, 11) is 0. The molecule has 0 aromatic carbocycles. The van der Waals surface area contributed by atoms with Gasteiger partial charge in [-0.2, -0.15) is 0 Å². The Labute approximate surface area is 193 Å². The lowest BCUT2D eigenvalue weighted by atomic mass is 9.28. The molecule has 8 bridgehead atoms. The van der Waals surface area contributed by atoms with Crippen molar-refractivity contribution >= 4 is 0 Å². The van der Waals surface area contributed by atoms with Crippen LogP contribution in [0.4, 0.5) is 0 Å². The van der Waals surface area contributed by atoms with E-state index in [1.807, 2.05) is 0 Å². The second-order valence-corrected chi connectivity index (χ2v) is 16.2. The van der Waals surface area contributed by atoms with Crippen LogP contribution < -0.4 is 0 Å². The van der Waals surface area contributed by atoms with Crippen molar-refractivity contribution in [3.05, 3.63) is 0 Å². The highest BCUT2D eigenvalue weighted by atomic mass is 16.3. The van der Waals surface area contributed by atoms with E-state index in [2.05, 4.69) is 62.3 Å². The fourth-order valence-corrected chi connectivity index (χ4v) is 11.8. The van der Waals surface area contributed by atoms with Gasteiger partial charge in [-0.1, -0.05) is 75.2 Å². The molecule has 0 aliphatic heterocycles. The van der Waals surface area contributed by atoms with E-state index in [9.17, 15) is 5.11 Å². The molecule has 31 heavy (non-hydrogen) atoms. The van der Waals surface area contributed by atoms with E-state index in [0.29, 0.717) is 38.4 Å². The van der Waals surface area contributed by atoms with E-state index in [-0.39, 0.29) is 16.9 Å². The zero-order valence-corrected chi connectivity index (χ0v) is 22.4. The van der Waals surface area contributed by atoms with Crippen LogP contribution in [-0.2, 0) is 0 Å². The van der Waals surface area contributed by atoms with E-state index < -0.39 is 0 Å². The van der Waals surface area contributed by atoms with Crippen LogP contribution in [0.2, 0.25) is 0 Å². The first kappa shape index (κ1) is 22.7. The Balaban J connectivity index is 1.83. The smallest absolute Gasteiger partial charge is 0.0576 e. The molecule has 178 valence electrons. The van der Waals surface area contributed by atoms with Gasteiger partial charge in [0.1, 0.15) is 0 Å². The SMILES string of the molecule is CC1C(O)CC2(C)CC3(C)CC4(C)CC1(C)C1(C)CCCCC2(C)CC3(C)CC4(C)C1. The molecule has 10 unspecified atom stereocenters. The van der Waals surface area contributed by atoms with Crippen molar-refractivity contribution in [3.8, 4) is 0 Å². The van der Waals surface area contributed by atoms with Crippen LogP contribution in [-0.4, -0.2) is 11.2 Å². The Kier molecular flexibility index (Phi) is 4.37. The molecule has 6 rings (SSSR count). The second kappa shape index (κ2) is 5.95. The first-order valence-electron chi connectivity index (χ1n) is 13.7. The number of fused-ring (bicyclic) bond motifs is 5. The molecule has 0 saturated heterocycles. The van der Waals surface area contributed by atoms with Crippen LogP contribution in [0.25, 0.3) is 0 Å². The van der Waals surface area contributed by atoms with Crippen LogP contribution in [0.3, 0.4) is 0 Å². The molecule has 6 aliphatic rings. The van der Waals surface area contributed by atoms with Gasteiger partial charge >= 0.3 is 0 Å². The third-order valence-corrected chi connectivity index (χ3v) is 14.4. The lowest BCUT2D eigenvalue weighted by molar-refractivity contribution is -0.277. The minimum absolute atomic E-state index is 0.175. The average Bonchev–Trinajstić information content (AvgIpc) is 2.60. The highest BCUT2D eigenvalue weighted by Gasteiger charge is 2.73. The van der Waals surface area contributed by atoms with Gasteiger partial charge in [0.25, 0.3) is 0 Å². The van der Waals surface area contributed by atoms with Gasteiger partial charge in [-0.05, 0) is 107 Å². The summed E-state index contributed by atoms with van der Waals surface area (Å²) < 4.78 is 0. The van der Waals surface area contributed by atoms with Gasteiger partial charge in [-0.3, -0.25) is 0 Å². The standard InChI is InChI=1S/C30H52O/c1-21-22(31)14-25(4)17-28(7)19-29(8)20-30(21,9)24(3)13-11-10-12-23(25,2)15-26(28,5)18-27(29,6)16-24/h21-22,31H,10-20H2,1-9H3. The lowest BCUT2D eigenvalue weighted by Crippen LogP contribution is -2.68. The topological polar surface area (TPSA) is 20.2 Å². The van der Waals surface area contributed by atoms with E-state index in [4.69, 9.17) is 0 Å². The minimum Gasteiger partial charge on any atom is -0.393 e. The molecule has 1 heteroatoms. The summed E-state index contributed by atoms with van der Waals surface area (Å²) in [6, 6.07) is 0. The Morgan fingerprint density at radius 3 is 1.45 bits per heavy atom. The molecular weight excluding hydrogens is 376 g/mol. The lowest BCUT2D eigenvalue weighted by Gasteiger charge is -2.76. The fourth-order valence-electron chi connectivity index (χ4n) is 11.8. The Morgan fingerprint density at radius 2 is 0.903 bits per heavy atom. The molecular formula is C30H52O. The Hall–Kier alpha value is -0.0400. The summed E-state index contributed by atoms with van der Waals surface area (Å²) in [4.78, 5) is 0. The molecule has 6 aliphatic carbocycles. The second-order valence-electron chi connectivity index (χ2n) is 16.2. The first-order chi connectivity index (χ1) is 14.0. The zero-order valence-electron chi connectivity index (χ0n) is 22.4. The molecule has 10 atom stereocenters. The predicted molar refractivity (Wildman–Crippen MR) is 131 cm³/mol. The van der Waals surface area contributed by atoms with Gasteiger partial charge in [-0.15, -0.1) is 0 Å². The van der Waals surface area contributed by atoms with E-state index in [1.165, 1.54) is 64.2 Å². The van der Waals surface area contributed by atoms with Crippen LogP contribution in [0, 0.1) is 49.2 Å². The van der Waals surface area contributed by atoms with Gasteiger partial charge < -0.3 is 5.11 Å². The highest BCUT2D eigenvalue weighted by molar-refractivity contribution is 5.22. The Bertz CT molecular complexity index is 785. The summed E-state index contributed by atoms with van der Waals surface area (Å²) in [5.41, 5.74) is 2.73. The predicted octanol–water partition coefficient (Wildman–Crippen LogP) is 8.39. The summed E-state index contributed by atoms with van der Waals surface area (Å²) in [5.74, 6) is 0.373. The van der Waals surface area contributed by atoms with Crippen molar-refractivity contribution < 1.29 is 5.11 Å². The number of rotatable bonds is 0. The van der Waals surface area contributed by atoms with Crippen molar-refractivity contribution in [2.24, 2.45) is 49.2 Å². The summed E-state index contributed by atoms with van der Waals surface area (Å²) in [5, 5.41) is 11.9. The molecule has 0 aromatic heterocycles.